The van der Waals surface area contributed by atoms with Crippen molar-refractivity contribution >= 4 is 11.3 Å². The van der Waals surface area contributed by atoms with Crippen molar-refractivity contribution in [2.75, 3.05) is 5.73 Å². The predicted octanol–water partition coefficient (Wildman–Crippen LogP) is 1.25. The van der Waals surface area contributed by atoms with Crippen molar-refractivity contribution in [3.05, 3.63) is 42.2 Å². The van der Waals surface area contributed by atoms with E-state index in [1.807, 2.05) is 6.07 Å². The predicted molar refractivity (Wildman–Crippen MR) is 65.3 cm³/mol. The van der Waals surface area contributed by atoms with E-state index >= 15 is 0 Å². The summed E-state index contributed by atoms with van der Waals surface area (Å²) in [6, 6.07) is 9.00. The molecule has 0 fully saturated rings. The highest BCUT2D eigenvalue weighted by Crippen LogP contribution is 2.17. The second kappa shape index (κ2) is 3.82. The quantitative estimate of drug-likeness (QED) is 0.686. The van der Waals surface area contributed by atoms with E-state index in [0.29, 0.717) is 28.4 Å². The van der Waals surface area contributed by atoms with E-state index in [1.165, 1.54) is 6.20 Å². The summed E-state index contributed by atoms with van der Waals surface area (Å²) in [7, 11) is 0. The van der Waals surface area contributed by atoms with Crippen LogP contribution in [0, 0.1) is 11.3 Å². The SMILES string of the molecule is N#Cc1ccc(-c2nnc3ccc(N)cn23)nc1. The van der Waals surface area contributed by atoms with Crippen LogP contribution >= 0.6 is 0 Å². The Morgan fingerprint density at radius 1 is 1.17 bits per heavy atom. The Morgan fingerprint density at radius 2 is 2.06 bits per heavy atom. The molecule has 0 aliphatic heterocycles. The molecule has 2 N–H and O–H groups in total. The Balaban J connectivity index is 2.19. The number of pyridine rings is 2. The minimum Gasteiger partial charge on any atom is -0.398 e. The van der Waals surface area contributed by atoms with E-state index in [0.717, 1.165) is 0 Å². The Labute approximate surface area is 102 Å². The summed E-state index contributed by atoms with van der Waals surface area (Å²) in [4.78, 5) is 4.19. The normalized spacial score (nSPS) is 10.4. The van der Waals surface area contributed by atoms with E-state index in [-0.39, 0.29) is 0 Å². The molecule has 0 atom stereocenters. The molecule has 0 unspecified atom stereocenters. The molecule has 0 bridgehead atoms. The topological polar surface area (TPSA) is 92.9 Å². The molecule has 0 saturated carbocycles. The number of nitrogen functional groups attached to an aromatic ring is 1. The van der Waals surface area contributed by atoms with Crippen molar-refractivity contribution in [1.29, 1.82) is 5.26 Å². The van der Waals surface area contributed by atoms with Crippen molar-refractivity contribution in [3.8, 4) is 17.6 Å². The average molecular weight is 236 g/mol. The summed E-state index contributed by atoms with van der Waals surface area (Å²) < 4.78 is 1.77. The maximum Gasteiger partial charge on any atom is 0.187 e. The molecule has 0 aliphatic rings. The van der Waals surface area contributed by atoms with Gasteiger partial charge in [-0.3, -0.25) is 9.38 Å². The van der Waals surface area contributed by atoms with E-state index in [2.05, 4.69) is 15.2 Å². The maximum absolute atomic E-state index is 8.73. The molecule has 3 heterocycles. The lowest BCUT2D eigenvalue weighted by atomic mass is 10.2. The third-order valence-corrected chi connectivity index (χ3v) is 2.55. The van der Waals surface area contributed by atoms with Gasteiger partial charge in [0.1, 0.15) is 11.8 Å². The van der Waals surface area contributed by atoms with Crippen LogP contribution < -0.4 is 5.73 Å². The lowest BCUT2D eigenvalue weighted by Crippen LogP contribution is -1.94. The van der Waals surface area contributed by atoms with Crippen LogP contribution in [0.4, 0.5) is 5.69 Å². The Bertz CT molecular complexity index is 750. The van der Waals surface area contributed by atoms with E-state index in [9.17, 15) is 0 Å². The third kappa shape index (κ3) is 1.55. The summed E-state index contributed by atoms with van der Waals surface area (Å²) in [5.41, 5.74) is 8.21. The van der Waals surface area contributed by atoms with Crippen LogP contribution in [-0.4, -0.2) is 19.6 Å². The van der Waals surface area contributed by atoms with Crippen molar-refractivity contribution < 1.29 is 0 Å². The molecule has 86 valence electrons. The van der Waals surface area contributed by atoms with Crippen LogP contribution in [0.3, 0.4) is 0 Å². The van der Waals surface area contributed by atoms with Crippen molar-refractivity contribution in [2.24, 2.45) is 0 Å². The maximum atomic E-state index is 8.73. The van der Waals surface area contributed by atoms with Gasteiger partial charge >= 0.3 is 0 Å². The number of hydrogen-bond donors (Lipinski definition) is 1. The van der Waals surface area contributed by atoms with E-state index in [1.54, 1.807) is 34.9 Å². The van der Waals surface area contributed by atoms with Gasteiger partial charge in [-0.15, -0.1) is 10.2 Å². The molecule has 0 radical (unpaired) electrons. The second-order valence-electron chi connectivity index (χ2n) is 3.76. The summed E-state index contributed by atoms with van der Waals surface area (Å²) in [5, 5.41) is 16.8. The minimum absolute atomic E-state index is 0.507. The van der Waals surface area contributed by atoms with Crippen LogP contribution in [0.2, 0.25) is 0 Å². The van der Waals surface area contributed by atoms with Crippen molar-refractivity contribution in [1.82, 2.24) is 19.6 Å². The number of rotatable bonds is 1. The molecule has 3 aromatic rings. The molecule has 6 nitrogen and oxygen atoms in total. The van der Waals surface area contributed by atoms with Crippen LogP contribution in [0.25, 0.3) is 17.2 Å². The summed E-state index contributed by atoms with van der Waals surface area (Å²) in [6.45, 7) is 0. The molecule has 6 heteroatoms. The fourth-order valence-corrected chi connectivity index (χ4v) is 1.67. The number of aromatic nitrogens is 4. The standard InChI is InChI=1S/C12H8N6/c13-5-8-1-3-10(15-6-8)12-17-16-11-4-2-9(14)7-18(11)12/h1-4,6-7H,14H2. The summed E-state index contributed by atoms with van der Waals surface area (Å²) in [5.74, 6) is 0.599. The number of nitrogens with two attached hydrogens (primary N) is 1. The van der Waals surface area contributed by atoms with Crippen LogP contribution in [0.5, 0.6) is 0 Å². The first-order chi connectivity index (χ1) is 8.78. The smallest absolute Gasteiger partial charge is 0.187 e. The Hall–Kier alpha value is -2.94. The van der Waals surface area contributed by atoms with Crippen molar-refractivity contribution in [2.45, 2.75) is 0 Å². The average Bonchev–Trinajstić information content (AvgIpc) is 2.82. The van der Waals surface area contributed by atoms with Gasteiger partial charge in [0.25, 0.3) is 0 Å². The zero-order chi connectivity index (χ0) is 12.5. The van der Waals surface area contributed by atoms with Gasteiger partial charge in [-0.1, -0.05) is 0 Å². The number of hydrogen-bond acceptors (Lipinski definition) is 5. The Kier molecular flexibility index (Phi) is 2.17. The number of anilines is 1. The molecule has 0 aliphatic carbocycles. The first kappa shape index (κ1) is 10.2. The third-order valence-electron chi connectivity index (χ3n) is 2.55. The molecular weight excluding hydrogens is 228 g/mol. The number of fused-ring (bicyclic) bond motifs is 1. The summed E-state index contributed by atoms with van der Waals surface area (Å²) >= 11 is 0. The largest absolute Gasteiger partial charge is 0.398 e. The number of nitriles is 1. The molecule has 0 spiro atoms. The summed E-state index contributed by atoms with van der Waals surface area (Å²) in [6.07, 6.45) is 3.24. The molecule has 0 saturated heterocycles. The Morgan fingerprint density at radius 3 is 2.78 bits per heavy atom. The van der Waals surface area contributed by atoms with Gasteiger partial charge in [-0.25, -0.2) is 0 Å². The highest BCUT2D eigenvalue weighted by atomic mass is 15.3. The molecule has 0 aromatic carbocycles. The van der Waals surface area contributed by atoms with Gasteiger partial charge in [-0.05, 0) is 24.3 Å². The fraction of sp³-hybridized carbons (Fsp3) is 0. The van der Waals surface area contributed by atoms with Gasteiger partial charge in [0.15, 0.2) is 11.5 Å². The minimum atomic E-state index is 0.507. The highest BCUT2D eigenvalue weighted by molar-refractivity contribution is 5.58. The molecule has 18 heavy (non-hydrogen) atoms. The first-order valence-electron chi connectivity index (χ1n) is 5.25. The van der Waals surface area contributed by atoms with E-state index in [4.69, 9.17) is 11.0 Å². The molecular formula is C12H8N6. The lowest BCUT2D eigenvalue weighted by Gasteiger charge is -2.00. The van der Waals surface area contributed by atoms with Gasteiger partial charge in [0.2, 0.25) is 0 Å². The van der Waals surface area contributed by atoms with Crippen molar-refractivity contribution in [3.63, 3.8) is 0 Å². The zero-order valence-electron chi connectivity index (χ0n) is 9.28. The van der Waals surface area contributed by atoms with Gasteiger partial charge in [0.05, 0.1) is 5.56 Å². The van der Waals surface area contributed by atoms with Crippen LogP contribution in [-0.2, 0) is 0 Å². The zero-order valence-corrected chi connectivity index (χ0v) is 9.28. The van der Waals surface area contributed by atoms with Gasteiger partial charge in [0, 0.05) is 18.1 Å². The van der Waals surface area contributed by atoms with Crippen LogP contribution in [0.15, 0.2) is 36.7 Å². The fourth-order valence-electron chi connectivity index (χ4n) is 1.67. The lowest BCUT2D eigenvalue weighted by molar-refractivity contribution is 1.09. The van der Waals surface area contributed by atoms with Gasteiger partial charge < -0.3 is 5.73 Å². The van der Waals surface area contributed by atoms with Gasteiger partial charge in [-0.2, -0.15) is 5.26 Å². The molecule has 3 aromatic heterocycles. The first-order valence-corrected chi connectivity index (χ1v) is 5.25. The van der Waals surface area contributed by atoms with Crippen LogP contribution in [0.1, 0.15) is 5.56 Å². The van der Waals surface area contributed by atoms with E-state index < -0.39 is 0 Å². The monoisotopic (exact) mass is 236 g/mol. The highest BCUT2D eigenvalue weighted by Gasteiger charge is 2.09. The molecule has 0 amide bonds. The number of nitrogens with zero attached hydrogens (tertiary/aromatic N) is 5. The second-order valence-corrected chi connectivity index (χ2v) is 3.76. The molecule has 3 rings (SSSR count).